The van der Waals surface area contributed by atoms with Crippen LogP contribution in [0.25, 0.3) is 16.7 Å². The minimum atomic E-state index is -0.293. The molecule has 4 aromatic rings. The van der Waals surface area contributed by atoms with Crippen LogP contribution in [0.15, 0.2) is 60.7 Å². The highest BCUT2D eigenvalue weighted by atomic mass is 35.5. The van der Waals surface area contributed by atoms with E-state index < -0.39 is 0 Å². The van der Waals surface area contributed by atoms with Crippen LogP contribution < -0.4 is 10.6 Å². The van der Waals surface area contributed by atoms with E-state index in [0.717, 1.165) is 17.7 Å². The molecule has 0 saturated heterocycles. The number of unbranched alkanes of at least 4 members (excludes halogenated alkanes) is 1. The Hall–Kier alpha value is -3.29. The summed E-state index contributed by atoms with van der Waals surface area (Å²) in [6, 6.07) is 19.3. The summed E-state index contributed by atoms with van der Waals surface area (Å²) < 4.78 is 0. The molecule has 36 heavy (non-hydrogen) atoms. The fourth-order valence-corrected chi connectivity index (χ4v) is 4.18. The van der Waals surface area contributed by atoms with Gasteiger partial charge in [-0.1, -0.05) is 70.0 Å². The molecule has 0 bridgehead atoms. The first kappa shape index (κ1) is 25.8. The Morgan fingerprint density at radius 1 is 1.00 bits per heavy atom. The third-order valence-electron chi connectivity index (χ3n) is 5.94. The Labute approximate surface area is 222 Å². The van der Waals surface area contributed by atoms with Crippen molar-refractivity contribution in [2.24, 2.45) is 0 Å². The van der Waals surface area contributed by atoms with Crippen LogP contribution in [-0.2, 0) is 11.8 Å². The van der Waals surface area contributed by atoms with E-state index in [9.17, 15) is 4.79 Å². The highest BCUT2D eigenvalue weighted by Crippen LogP contribution is 2.27. The molecule has 2 N–H and O–H groups in total. The highest BCUT2D eigenvalue weighted by Gasteiger charge is 2.16. The van der Waals surface area contributed by atoms with Gasteiger partial charge < -0.3 is 5.32 Å². The van der Waals surface area contributed by atoms with Gasteiger partial charge in [-0.2, -0.15) is 4.80 Å². The van der Waals surface area contributed by atoms with Crippen molar-refractivity contribution in [3.63, 3.8) is 0 Å². The maximum atomic E-state index is 12.6. The van der Waals surface area contributed by atoms with Crippen molar-refractivity contribution in [2.45, 2.75) is 52.4 Å². The first-order chi connectivity index (χ1) is 17.1. The fraction of sp³-hybridized carbons (Fsp3) is 0.286. The average Bonchev–Trinajstić information content (AvgIpc) is 3.25. The van der Waals surface area contributed by atoms with Gasteiger partial charge in [0.15, 0.2) is 5.11 Å². The molecule has 1 amide bonds. The van der Waals surface area contributed by atoms with Crippen molar-refractivity contribution in [2.75, 3.05) is 5.32 Å². The first-order valence-corrected chi connectivity index (χ1v) is 12.8. The standard InChI is InChI=1S/C28H30ClN5OS/c1-5-6-7-18-8-14-21(15-9-18)34-32-24-16-22(29)23(17-25(24)33-34)30-27(36)31-26(35)19-10-12-20(13-11-19)28(2,3)4/h8-17H,5-7H2,1-4H3,(H2,30,31,35,36). The summed E-state index contributed by atoms with van der Waals surface area (Å²) in [5.41, 5.74) is 5.72. The van der Waals surface area contributed by atoms with Crippen molar-refractivity contribution in [3.05, 3.63) is 82.4 Å². The fourth-order valence-electron chi connectivity index (χ4n) is 3.78. The number of aryl methyl sites for hydroxylation is 1. The summed E-state index contributed by atoms with van der Waals surface area (Å²) in [5, 5.41) is 15.4. The minimum Gasteiger partial charge on any atom is -0.331 e. The van der Waals surface area contributed by atoms with Gasteiger partial charge in [-0.3, -0.25) is 10.1 Å². The Kier molecular flexibility index (Phi) is 7.71. The summed E-state index contributed by atoms with van der Waals surface area (Å²) in [4.78, 5) is 14.2. The van der Waals surface area contributed by atoms with Crippen molar-refractivity contribution in [1.82, 2.24) is 20.3 Å². The van der Waals surface area contributed by atoms with Crippen LogP contribution in [-0.4, -0.2) is 26.0 Å². The van der Waals surface area contributed by atoms with Crippen LogP contribution in [0.1, 0.15) is 62.0 Å². The van der Waals surface area contributed by atoms with E-state index in [1.54, 1.807) is 29.1 Å². The number of hydrogen-bond donors (Lipinski definition) is 2. The van der Waals surface area contributed by atoms with E-state index >= 15 is 0 Å². The predicted octanol–water partition coefficient (Wildman–Crippen LogP) is 6.84. The Morgan fingerprint density at radius 3 is 2.25 bits per heavy atom. The molecule has 0 unspecified atom stereocenters. The number of halogens is 1. The molecule has 1 heterocycles. The zero-order valence-electron chi connectivity index (χ0n) is 20.9. The minimum absolute atomic E-state index is 0.0151. The molecule has 1 aromatic heterocycles. The van der Waals surface area contributed by atoms with Gasteiger partial charge in [0.25, 0.3) is 5.91 Å². The molecule has 0 atom stereocenters. The Balaban J connectivity index is 1.45. The maximum Gasteiger partial charge on any atom is 0.257 e. The van der Waals surface area contributed by atoms with Crippen LogP contribution in [0.5, 0.6) is 0 Å². The second kappa shape index (κ2) is 10.8. The molecule has 0 aliphatic rings. The summed E-state index contributed by atoms with van der Waals surface area (Å²) in [7, 11) is 0. The topological polar surface area (TPSA) is 71.8 Å². The molecule has 6 nitrogen and oxygen atoms in total. The Morgan fingerprint density at radius 2 is 1.64 bits per heavy atom. The molecule has 0 saturated carbocycles. The maximum absolute atomic E-state index is 12.6. The SMILES string of the molecule is CCCCc1ccc(-n2nc3cc(Cl)c(NC(=S)NC(=O)c4ccc(C(C)(C)C)cc4)cc3n2)cc1. The number of nitrogens with one attached hydrogen (secondary N) is 2. The number of amides is 1. The number of hydrogen-bond acceptors (Lipinski definition) is 4. The van der Waals surface area contributed by atoms with E-state index in [1.807, 2.05) is 24.3 Å². The quantitative estimate of drug-likeness (QED) is 0.273. The van der Waals surface area contributed by atoms with E-state index in [1.165, 1.54) is 18.4 Å². The molecule has 0 spiro atoms. The summed E-state index contributed by atoms with van der Waals surface area (Å²) in [6.45, 7) is 8.58. The van der Waals surface area contributed by atoms with E-state index in [-0.39, 0.29) is 16.4 Å². The number of aromatic nitrogens is 3. The predicted molar refractivity (Wildman–Crippen MR) is 151 cm³/mol. The van der Waals surface area contributed by atoms with Gasteiger partial charge in [0.1, 0.15) is 11.0 Å². The molecule has 4 rings (SSSR count). The lowest BCUT2D eigenvalue weighted by Crippen LogP contribution is -2.34. The summed E-state index contributed by atoms with van der Waals surface area (Å²) in [5.74, 6) is -0.293. The number of benzene rings is 3. The van der Waals surface area contributed by atoms with Gasteiger partial charge in [-0.15, -0.1) is 10.2 Å². The zero-order valence-corrected chi connectivity index (χ0v) is 22.5. The molecular formula is C28H30ClN5OS. The molecule has 186 valence electrons. The average molecular weight is 520 g/mol. The van der Waals surface area contributed by atoms with Gasteiger partial charge >= 0.3 is 0 Å². The second-order valence-electron chi connectivity index (χ2n) is 9.82. The lowest BCUT2D eigenvalue weighted by molar-refractivity contribution is 0.0977. The number of nitrogens with zero attached hydrogens (tertiary/aromatic N) is 3. The number of carbonyl (C=O) groups excluding carboxylic acids is 1. The van der Waals surface area contributed by atoms with E-state index in [4.69, 9.17) is 23.8 Å². The van der Waals surface area contributed by atoms with Crippen molar-refractivity contribution < 1.29 is 4.79 Å². The van der Waals surface area contributed by atoms with Gasteiger partial charge in [-0.05, 0) is 78.0 Å². The number of anilines is 1. The molecule has 8 heteroatoms. The van der Waals surface area contributed by atoms with Crippen molar-refractivity contribution >= 4 is 51.6 Å². The zero-order chi connectivity index (χ0) is 25.9. The van der Waals surface area contributed by atoms with Crippen LogP contribution in [0.4, 0.5) is 5.69 Å². The van der Waals surface area contributed by atoms with Crippen LogP contribution in [0.2, 0.25) is 5.02 Å². The number of rotatable bonds is 6. The molecule has 0 radical (unpaired) electrons. The van der Waals surface area contributed by atoms with Gasteiger partial charge in [0.2, 0.25) is 0 Å². The number of thiocarbonyl (C=S) groups is 1. The van der Waals surface area contributed by atoms with E-state index in [0.29, 0.717) is 27.3 Å². The third kappa shape index (κ3) is 6.09. The third-order valence-corrected chi connectivity index (χ3v) is 6.46. The van der Waals surface area contributed by atoms with Crippen LogP contribution in [0, 0.1) is 0 Å². The van der Waals surface area contributed by atoms with Gasteiger partial charge in [0, 0.05) is 5.56 Å². The van der Waals surface area contributed by atoms with Crippen LogP contribution >= 0.6 is 23.8 Å². The number of carbonyl (C=O) groups is 1. The summed E-state index contributed by atoms with van der Waals surface area (Å²) >= 11 is 11.8. The normalized spacial score (nSPS) is 11.5. The molecular weight excluding hydrogens is 490 g/mol. The van der Waals surface area contributed by atoms with Crippen molar-refractivity contribution in [1.29, 1.82) is 0 Å². The molecule has 0 fully saturated rings. The largest absolute Gasteiger partial charge is 0.331 e. The van der Waals surface area contributed by atoms with Crippen LogP contribution in [0.3, 0.4) is 0 Å². The summed E-state index contributed by atoms with van der Waals surface area (Å²) in [6.07, 6.45) is 3.40. The first-order valence-electron chi connectivity index (χ1n) is 12.0. The monoisotopic (exact) mass is 519 g/mol. The molecule has 0 aliphatic carbocycles. The smallest absolute Gasteiger partial charge is 0.257 e. The second-order valence-corrected chi connectivity index (χ2v) is 10.6. The van der Waals surface area contributed by atoms with Crippen molar-refractivity contribution in [3.8, 4) is 5.69 Å². The van der Waals surface area contributed by atoms with E-state index in [2.05, 4.69) is 60.7 Å². The molecule has 0 aliphatic heterocycles. The van der Waals surface area contributed by atoms with Gasteiger partial charge in [-0.25, -0.2) is 0 Å². The van der Waals surface area contributed by atoms with Gasteiger partial charge in [0.05, 0.1) is 16.4 Å². The Bertz CT molecular complexity index is 1390. The number of fused-ring (bicyclic) bond motifs is 1. The lowest BCUT2D eigenvalue weighted by Gasteiger charge is -2.19. The molecule has 3 aromatic carbocycles. The highest BCUT2D eigenvalue weighted by molar-refractivity contribution is 7.80. The lowest BCUT2D eigenvalue weighted by atomic mass is 9.87.